The maximum Gasteiger partial charge on any atom is 0.244 e. The molecule has 0 unspecified atom stereocenters. The van der Waals surface area contributed by atoms with Crippen molar-refractivity contribution in [3.8, 4) is 0 Å². The van der Waals surface area contributed by atoms with E-state index in [0.717, 1.165) is 44.7 Å². The highest BCUT2D eigenvalue weighted by Crippen LogP contribution is 2.22. The highest BCUT2D eigenvalue weighted by molar-refractivity contribution is 5.83. The number of carbonyl (C=O) groups is 1. The summed E-state index contributed by atoms with van der Waals surface area (Å²) in [5, 5.41) is 0. The number of benzene rings is 1. The van der Waals surface area contributed by atoms with Gasteiger partial charge in [-0.15, -0.1) is 0 Å². The molecule has 1 aliphatic rings. The smallest absolute Gasteiger partial charge is 0.244 e. The summed E-state index contributed by atoms with van der Waals surface area (Å²) in [5.74, 6) is 0.203. The minimum absolute atomic E-state index is 0.203. The Kier molecular flexibility index (Phi) is 6.58. The first-order chi connectivity index (χ1) is 13.0. The van der Waals surface area contributed by atoms with E-state index in [-0.39, 0.29) is 11.9 Å². The average molecular weight is 367 g/mol. The molecule has 1 atom stereocenters. The third kappa shape index (κ3) is 5.15. The van der Waals surface area contributed by atoms with Crippen LogP contribution in [0.2, 0.25) is 0 Å². The van der Waals surface area contributed by atoms with Crippen molar-refractivity contribution >= 4 is 5.91 Å². The maximum absolute atomic E-state index is 13.3. The number of amides is 1. The Labute approximate surface area is 162 Å². The van der Waals surface area contributed by atoms with Gasteiger partial charge in [-0.3, -0.25) is 19.6 Å². The van der Waals surface area contributed by atoms with E-state index >= 15 is 0 Å². The zero-order valence-electron chi connectivity index (χ0n) is 16.6. The predicted octanol–water partition coefficient (Wildman–Crippen LogP) is 2.73. The van der Waals surface area contributed by atoms with E-state index in [1.807, 2.05) is 36.3 Å². The molecule has 1 saturated heterocycles. The molecule has 0 N–H and O–H groups in total. The third-order valence-corrected chi connectivity index (χ3v) is 5.20. The molecule has 1 aromatic carbocycles. The fourth-order valence-corrected chi connectivity index (χ4v) is 3.68. The zero-order valence-corrected chi connectivity index (χ0v) is 16.6. The van der Waals surface area contributed by atoms with Gasteiger partial charge >= 0.3 is 0 Å². The standard InChI is InChI=1S/C22H30N4O/c1-18-5-7-20(8-6-18)21(24(2)3)22(27)26-14-4-13-25(15-16-26)17-19-9-11-23-12-10-19/h5-12,21H,4,13-17H2,1-3H3/t21-/m0/s1. The average Bonchev–Trinajstić information content (AvgIpc) is 2.90. The highest BCUT2D eigenvalue weighted by Gasteiger charge is 2.29. The van der Waals surface area contributed by atoms with Crippen LogP contribution in [0.4, 0.5) is 0 Å². The summed E-state index contributed by atoms with van der Waals surface area (Å²) in [5.41, 5.74) is 3.55. The lowest BCUT2D eigenvalue weighted by atomic mass is 10.0. The lowest BCUT2D eigenvalue weighted by molar-refractivity contribution is -0.136. The van der Waals surface area contributed by atoms with Gasteiger partial charge in [0.25, 0.3) is 0 Å². The fourth-order valence-electron chi connectivity index (χ4n) is 3.68. The number of likely N-dealkylation sites (N-methyl/N-ethyl adjacent to an activating group) is 1. The summed E-state index contributed by atoms with van der Waals surface area (Å²) in [6, 6.07) is 12.2. The minimum atomic E-state index is -0.225. The minimum Gasteiger partial charge on any atom is -0.340 e. The maximum atomic E-state index is 13.3. The first kappa shape index (κ1) is 19.5. The first-order valence-electron chi connectivity index (χ1n) is 9.67. The number of aryl methyl sites for hydroxylation is 1. The molecule has 144 valence electrons. The van der Waals surface area contributed by atoms with Gasteiger partial charge in [-0.2, -0.15) is 0 Å². The predicted molar refractivity (Wildman–Crippen MR) is 108 cm³/mol. The van der Waals surface area contributed by atoms with Crippen LogP contribution in [-0.2, 0) is 11.3 Å². The normalized spacial score (nSPS) is 17.0. The fraction of sp³-hybridized carbons (Fsp3) is 0.455. The first-order valence-corrected chi connectivity index (χ1v) is 9.67. The third-order valence-electron chi connectivity index (χ3n) is 5.20. The van der Waals surface area contributed by atoms with Gasteiger partial charge in [0.05, 0.1) is 0 Å². The number of rotatable bonds is 5. The lowest BCUT2D eigenvalue weighted by Gasteiger charge is -2.30. The molecule has 2 heterocycles. The van der Waals surface area contributed by atoms with Gasteiger partial charge in [-0.25, -0.2) is 0 Å². The number of pyridine rings is 1. The number of aromatic nitrogens is 1. The highest BCUT2D eigenvalue weighted by atomic mass is 16.2. The van der Waals surface area contributed by atoms with Crippen LogP contribution in [0.5, 0.6) is 0 Å². The van der Waals surface area contributed by atoms with E-state index < -0.39 is 0 Å². The van der Waals surface area contributed by atoms with Gasteiger partial charge in [0, 0.05) is 45.1 Å². The topological polar surface area (TPSA) is 39.7 Å². The van der Waals surface area contributed by atoms with Gasteiger partial charge in [0.15, 0.2) is 0 Å². The van der Waals surface area contributed by atoms with E-state index in [1.54, 1.807) is 0 Å². The number of hydrogen-bond acceptors (Lipinski definition) is 4. The van der Waals surface area contributed by atoms with Crippen LogP contribution in [0.1, 0.15) is 29.2 Å². The molecule has 1 fully saturated rings. The molecular weight excluding hydrogens is 336 g/mol. The van der Waals surface area contributed by atoms with Gasteiger partial charge in [-0.1, -0.05) is 29.8 Å². The number of carbonyl (C=O) groups excluding carboxylic acids is 1. The Bertz CT molecular complexity index is 730. The van der Waals surface area contributed by atoms with Gasteiger partial charge in [-0.05, 0) is 50.7 Å². The molecule has 0 saturated carbocycles. The quantitative estimate of drug-likeness (QED) is 0.816. The van der Waals surface area contributed by atoms with Crippen molar-refractivity contribution in [3.05, 3.63) is 65.5 Å². The molecule has 3 rings (SSSR count). The van der Waals surface area contributed by atoms with Crippen molar-refractivity contribution in [2.24, 2.45) is 0 Å². The molecule has 0 spiro atoms. The molecule has 1 amide bonds. The van der Waals surface area contributed by atoms with Gasteiger partial charge in [0.1, 0.15) is 6.04 Å². The molecule has 5 heteroatoms. The summed E-state index contributed by atoms with van der Waals surface area (Å²) >= 11 is 0. The van der Waals surface area contributed by atoms with Crippen molar-refractivity contribution in [2.75, 3.05) is 40.3 Å². The van der Waals surface area contributed by atoms with Crippen LogP contribution < -0.4 is 0 Å². The summed E-state index contributed by atoms with van der Waals surface area (Å²) in [6.07, 6.45) is 4.68. The summed E-state index contributed by atoms with van der Waals surface area (Å²) in [4.78, 5) is 23.9. The molecule has 2 aromatic rings. The Morgan fingerprint density at radius 2 is 1.74 bits per heavy atom. The summed E-state index contributed by atoms with van der Waals surface area (Å²) in [6.45, 7) is 6.51. The second-order valence-electron chi connectivity index (χ2n) is 7.59. The molecule has 0 radical (unpaired) electrons. The van der Waals surface area contributed by atoms with Crippen molar-refractivity contribution < 1.29 is 4.79 Å². The molecule has 27 heavy (non-hydrogen) atoms. The number of hydrogen-bond donors (Lipinski definition) is 0. The van der Waals surface area contributed by atoms with E-state index in [0.29, 0.717) is 0 Å². The zero-order chi connectivity index (χ0) is 19.2. The van der Waals surface area contributed by atoms with Crippen LogP contribution >= 0.6 is 0 Å². The van der Waals surface area contributed by atoms with Crippen molar-refractivity contribution in [3.63, 3.8) is 0 Å². The van der Waals surface area contributed by atoms with Crippen LogP contribution in [0.25, 0.3) is 0 Å². The summed E-state index contributed by atoms with van der Waals surface area (Å²) < 4.78 is 0. The van der Waals surface area contributed by atoms with Gasteiger partial charge < -0.3 is 4.90 Å². The Balaban J connectivity index is 1.66. The van der Waals surface area contributed by atoms with Crippen molar-refractivity contribution in [2.45, 2.75) is 25.9 Å². The SMILES string of the molecule is Cc1ccc([C@@H](C(=O)N2CCCN(Cc3ccncc3)CC2)N(C)C)cc1. The van der Waals surface area contributed by atoms with Crippen LogP contribution in [0.3, 0.4) is 0 Å². The Morgan fingerprint density at radius 3 is 2.41 bits per heavy atom. The van der Waals surface area contributed by atoms with E-state index in [4.69, 9.17) is 0 Å². The van der Waals surface area contributed by atoms with Crippen LogP contribution in [-0.4, -0.2) is 65.9 Å². The Morgan fingerprint density at radius 1 is 1.04 bits per heavy atom. The monoisotopic (exact) mass is 366 g/mol. The van der Waals surface area contributed by atoms with Crippen molar-refractivity contribution in [1.29, 1.82) is 0 Å². The molecule has 0 aliphatic carbocycles. The van der Waals surface area contributed by atoms with Crippen molar-refractivity contribution in [1.82, 2.24) is 19.7 Å². The lowest BCUT2D eigenvalue weighted by Crippen LogP contribution is -2.42. The van der Waals surface area contributed by atoms with E-state index in [1.165, 1.54) is 11.1 Å². The second kappa shape index (κ2) is 9.11. The number of nitrogens with zero attached hydrogens (tertiary/aromatic N) is 4. The molecular formula is C22H30N4O. The molecule has 5 nitrogen and oxygen atoms in total. The summed E-state index contributed by atoms with van der Waals surface area (Å²) in [7, 11) is 3.96. The van der Waals surface area contributed by atoms with Gasteiger partial charge in [0.2, 0.25) is 5.91 Å². The molecule has 1 aromatic heterocycles. The van der Waals surface area contributed by atoms with Crippen LogP contribution in [0.15, 0.2) is 48.8 Å². The van der Waals surface area contributed by atoms with E-state index in [9.17, 15) is 4.79 Å². The largest absolute Gasteiger partial charge is 0.340 e. The second-order valence-corrected chi connectivity index (χ2v) is 7.59. The van der Waals surface area contributed by atoms with E-state index in [2.05, 4.69) is 53.2 Å². The molecule has 1 aliphatic heterocycles. The molecule has 0 bridgehead atoms. The Hall–Kier alpha value is -2.24. The van der Waals surface area contributed by atoms with Crippen LogP contribution in [0, 0.1) is 6.92 Å².